The Labute approximate surface area is 139 Å². The molecule has 1 heterocycles. The molecule has 2 amide bonds. The molecule has 1 aromatic carbocycles. The van der Waals surface area contributed by atoms with Crippen LogP contribution < -0.4 is 15.4 Å². The SMILES string of the molecule is CNC(=O)CNC(=O)c1cccc(OCc2nnnn2C(C)C)c1. The number of benzene rings is 1. The van der Waals surface area contributed by atoms with Gasteiger partial charge in [0.25, 0.3) is 5.91 Å². The topological polar surface area (TPSA) is 111 Å². The van der Waals surface area contributed by atoms with E-state index < -0.39 is 0 Å². The molecule has 24 heavy (non-hydrogen) atoms. The Morgan fingerprint density at radius 2 is 2.12 bits per heavy atom. The van der Waals surface area contributed by atoms with Crippen molar-refractivity contribution in [1.82, 2.24) is 30.8 Å². The van der Waals surface area contributed by atoms with Crippen molar-refractivity contribution in [2.75, 3.05) is 13.6 Å². The first-order chi connectivity index (χ1) is 11.5. The van der Waals surface area contributed by atoms with Crippen LogP contribution in [0.25, 0.3) is 0 Å². The third-order valence-corrected chi connectivity index (χ3v) is 3.20. The normalized spacial score (nSPS) is 10.5. The molecule has 9 nitrogen and oxygen atoms in total. The van der Waals surface area contributed by atoms with Gasteiger partial charge in [0.1, 0.15) is 12.4 Å². The molecule has 2 rings (SSSR count). The van der Waals surface area contributed by atoms with Gasteiger partial charge in [0, 0.05) is 12.6 Å². The van der Waals surface area contributed by atoms with E-state index in [1.165, 1.54) is 7.05 Å². The van der Waals surface area contributed by atoms with Crippen molar-refractivity contribution in [1.29, 1.82) is 0 Å². The van der Waals surface area contributed by atoms with E-state index in [4.69, 9.17) is 4.74 Å². The summed E-state index contributed by atoms with van der Waals surface area (Å²) in [6, 6.07) is 6.81. The Morgan fingerprint density at radius 3 is 2.83 bits per heavy atom. The lowest BCUT2D eigenvalue weighted by Gasteiger charge is -2.10. The fourth-order valence-electron chi connectivity index (χ4n) is 1.93. The molecule has 2 aromatic rings. The summed E-state index contributed by atoms with van der Waals surface area (Å²) in [5, 5.41) is 16.4. The van der Waals surface area contributed by atoms with Gasteiger partial charge in [-0.25, -0.2) is 4.68 Å². The van der Waals surface area contributed by atoms with Crippen LogP contribution in [0.2, 0.25) is 0 Å². The average Bonchev–Trinajstić information content (AvgIpc) is 3.06. The maximum absolute atomic E-state index is 12.0. The Balaban J connectivity index is 1.98. The first kappa shape index (κ1) is 17.4. The minimum atomic E-state index is -0.351. The quantitative estimate of drug-likeness (QED) is 0.755. The minimum Gasteiger partial charge on any atom is -0.486 e. The number of tetrazole rings is 1. The van der Waals surface area contributed by atoms with Crippen LogP contribution in [-0.4, -0.2) is 45.6 Å². The maximum atomic E-state index is 12.0. The molecule has 128 valence electrons. The lowest BCUT2D eigenvalue weighted by Crippen LogP contribution is -2.35. The molecule has 0 aliphatic heterocycles. The maximum Gasteiger partial charge on any atom is 0.251 e. The standard InChI is InChI=1S/C15H20N6O3/c1-10(2)21-13(18-19-20-21)9-24-12-6-4-5-11(7-12)15(23)17-8-14(22)16-3/h4-7,10H,8-9H2,1-3H3,(H,16,22)(H,17,23). The Kier molecular flexibility index (Phi) is 5.83. The second kappa shape index (κ2) is 8.04. The van der Waals surface area contributed by atoms with Crippen molar-refractivity contribution in [3.05, 3.63) is 35.7 Å². The monoisotopic (exact) mass is 332 g/mol. The highest BCUT2D eigenvalue weighted by molar-refractivity contribution is 5.96. The molecule has 0 radical (unpaired) electrons. The van der Waals surface area contributed by atoms with Crippen LogP contribution in [0.3, 0.4) is 0 Å². The average molecular weight is 332 g/mol. The van der Waals surface area contributed by atoms with E-state index in [2.05, 4.69) is 26.2 Å². The van der Waals surface area contributed by atoms with Crippen molar-refractivity contribution in [3.63, 3.8) is 0 Å². The summed E-state index contributed by atoms with van der Waals surface area (Å²) in [6.45, 7) is 4.05. The third-order valence-electron chi connectivity index (χ3n) is 3.20. The van der Waals surface area contributed by atoms with Crippen molar-refractivity contribution < 1.29 is 14.3 Å². The summed E-state index contributed by atoms with van der Waals surface area (Å²) in [4.78, 5) is 23.2. The second-order valence-electron chi connectivity index (χ2n) is 5.31. The van der Waals surface area contributed by atoms with Gasteiger partial charge in [0.2, 0.25) is 5.91 Å². The Hall–Kier alpha value is -2.97. The first-order valence-electron chi connectivity index (χ1n) is 7.49. The molecule has 1 aromatic heterocycles. The number of hydrogen-bond donors (Lipinski definition) is 2. The second-order valence-corrected chi connectivity index (χ2v) is 5.31. The van der Waals surface area contributed by atoms with Crippen molar-refractivity contribution in [2.24, 2.45) is 0 Å². The molecule has 9 heteroatoms. The highest BCUT2D eigenvalue weighted by atomic mass is 16.5. The number of rotatable bonds is 7. The largest absolute Gasteiger partial charge is 0.486 e. The zero-order valence-corrected chi connectivity index (χ0v) is 13.8. The number of likely N-dealkylation sites (N-methyl/N-ethyl adjacent to an activating group) is 1. The van der Waals surface area contributed by atoms with E-state index in [-0.39, 0.29) is 31.0 Å². The van der Waals surface area contributed by atoms with E-state index in [1.807, 2.05) is 13.8 Å². The van der Waals surface area contributed by atoms with Crippen molar-refractivity contribution >= 4 is 11.8 Å². The number of amides is 2. The molecule has 0 atom stereocenters. The number of aromatic nitrogens is 4. The molecule has 0 saturated carbocycles. The van der Waals surface area contributed by atoms with Gasteiger partial charge in [0.15, 0.2) is 5.82 Å². The molecule has 0 fully saturated rings. The predicted octanol–water partition coefficient (Wildman–Crippen LogP) is 0.309. The van der Waals surface area contributed by atoms with E-state index in [0.717, 1.165) is 0 Å². The molecule has 0 aliphatic rings. The minimum absolute atomic E-state index is 0.0798. The molecule has 0 spiro atoms. The van der Waals surface area contributed by atoms with Gasteiger partial charge in [-0.15, -0.1) is 5.10 Å². The highest BCUT2D eigenvalue weighted by Gasteiger charge is 2.11. The number of hydrogen-bond acceptors (Lipinski definition) is 6. The van der Waals surface area contributed by atoms with Crippen LogP contribution in [0.5, 0.6) is 5.75 Å². The van der Waals surface area contributed by atoms with E-state index in [9.17, 15) is 9.59 Å². The fourth-order valence-corrected chi connectivity index (χ4v) is 1.93. The smallest absolute Gasteiger partial charge is 0.251 e. The lowest BCUT2D eigenvalue weighted by molar-refractivity contribution is -0.119. The Morgan fingerprint density at radius 1 is 1.33 bits per heavy atom. The first-order valence-corrected chi connectivity index (χ1v) is 7.49. The predicted molar refractivity (Wildman–Crippen MR) is 85.4 cm³/mol. The molecular weight excluding hydrogens is 312 g/mol. The number of ether oxygens (including phenoxy) is 1. The zero-order valence-electron chi connectivity index (χ0n) is 13.8. The summed E-state index contributed by atoms with van der Waals surface area (Å²) in [5.41, 5.74) is 0.403. The van der Waals surface area contributed by atoms with Gasteiger partial charge in [-0.2, -0.15) is 0 Å². The number of nitrogens with zero attached hydrogens (tertiary/aromatic N) is 4. The highest BCUT2D eigenvalue weighted by Crippen LogP contribution is 2.15. The van der Waals surface area contributed by atoms with Crippen LogP contribution >= 0.6 is 0 Å². The van der Waals surface area contributed by atoms with Gasteiger partial charge in [-0.1, -0.05) is 6.07 Å². The summed E-state index contributed by atoms with van der Waals surface area (Å²) in [6.07, 6.45) is 0. The van der Waals surface area contributed by atoms with Crippen LogP contribution in [0, 0.1) is 0 Å². The van der Waals surface area contributed by atoms with Crippen molar-refractivity contribution in [3.8, 4) is 5.75 Å². The summed E-state index contributed by atoms with van der Waals surface area (Å²) in [5.74, 6) is 0.493. The molecule has 0 unspecified atom stereocenters. The summed E-state index contributed by atoms with van der Waals surface area (Å²) < 4.78 is 7.32. The molecular formula is C15H20N6O3. The van der Waals surface area contributed by atoms with Gasteiger partial charge >= 0.3 is 0 Å². The van der Waals surface area contributed by atoms with Crippen LogP contribution in [-0.2, 0) is 11.4 Å². The lowest BCUT2D eigenvalue weighted by atomic mass is 10.2. The summed E-state index contributed by atoms with van der Waals surface area (Å²) in [7, 11) is 1.51. The van der Waals surface area contributed by atoms with Gasteiger partial charge in [0.05, 0.1) is 12.6 Å². The molecule has 0 saturated heterocycles. The van der Waals surface area contributed by atoms with Gasteiger partial charge in [-0.3, -0.25) is 9.59 Å². The van der Waals surface area contributed by atoms with Crippen molar-refractivity contribution in [2.45, 2.75) is 26.5 Å². The third kappa shape index (κ3) is 4.51. The Bertz CT molecular complexity index is 713. The van der Waals surface area contributed by atoms with Crippen LogP contribution in [0.4, 0.5) is 0 Å². The van der Waals surface area contributed by atoms with Gasteiger partial charge in [-0.05, 0) is 42.5 Å². The molecule has 0 aliphatic carbocycles. The summed E-state index contributed by atoms with van der Waals surface area (Å²) >= 11 is 0. The van der Waals surface area contributed by atoms with Crippen LogP contribution in [0.15, 0.2) is 24.3 Å². The zero-order chi connectivity index (χ0) is 17.5. The van der Waals surface area contributed by atoms with Gasteiger partial charge < -0.3 is 15.4 Å². The number of carbonyl (C=O) groups excluding carboxylic acids is 2. The molecule has 2 N–H and O–H groups in total. The number of carbonyl (C=O) groups is 2. The molecule has 0 bridgehead atoms. The fraction of sp³-hybridized carbons (Fsp3) is 0.400. The number of nitrogens with one attached hydrogen (secondary N) is 2. The van der Waals surface area contributed by atoms with E-state index in [1.54, 1.807) is 28.9 Å². The van der Waals surface area contributed by atoms with E-state index >= 15 is 0 Å². The van der Waals surface area contributed by atoms with Crippen LogP contribution in [0.1, 0.15) is 36.1 Å². The van der Waals surface area contributed by atoms with E-state index in [0.29, 0.717) is 17.1 Å².